The summed E-state index contributed by atoms with van der Waals surface area (Å²) in [5.41, 5.74) is 0.723. The van der Waals surface area contributed by atoms with Crippen LogP contribution in [0.25, 0.3) is 0 Å². The fourth-order valence-corrected chi connectivity index (χ4v) is 2.01. The molecular weight excluding hydrogens is 188 g/mol. The SMILES string of the molecule is N#Cc1cccc(C2(O)CCNCC2)c1. The normalized spacial score (nSPS) is 19.5. The molecule has 0 amide bonds. The van der Waals surface area contributed by atoms with Gasteiger partial charge < -0.3 is 10.4 Å². The summed E-state index contributed by atoms with van der Waals surface area (Å²) < 4.78 is 0. The van der Waals surface area contributed by atoms with Crippen molar-refractivity contribution in [2.75, 3.05) is 13.1 Å². The van der Waals surface area contributed by atoms with Crippen molar-refractivity contribution in [2.24, 2.45) is 0 Å². The summed E-state index contributed by atoms with van der Waals surface area (Å²) in [7, 11) is 0. The minimum absolute atomic E-state index is 0.611. The summed E-state index contributed by atoms with van der Waals surface area (Å²) in [6.07, 6.45) is 1.42. The lowest BCUT2D eigenvalue weighted by Gasteiger charge is -2.33. The average Bonchev–Trinajstić information content (AvgIpc) is 2.30. The maximum absolute atomic E-state index is 10.4. The average molecular weight is 202 g/mol. The third-order valence-corrected chi connectivity index (χ3v) is 2.96. The van der Waals surface area contributed by atoms with Gasteiger partial charge in [-0.2, -0.15) is 5.26 Å². The van der Waals surface area contributed by atoms with Gasteiger partial charge in [-0.15, -0.1) is 0 Å². The van der Waals surface area contributed by atoms with Gasteiger partial charge in [0.2, 0.25) is 0 Å². The van der Waals surface area contributed by atoms with E-state index in [1.54, 1.807) is 12.1 Å². The predicted octanol–water partition coefficient (Wildman–Crippen LogP) is 1.13. The maximum Gasteiger partial charge on any atom is 0.0991 e. The zero-order valence-corrected chi connectivity index (χ0v) is 8.53. The van der Waals surface area contributed by atoms with Gasteiger partial charge in [-0.1, -0.05) is 12.1 Å². The van der Waals surface area contributed by atoms with Gasteiger partial charge in [0.05, 0.1) is 17.2 Å². The number of nitriles is 1. The van der Waals surface area contributed by atoms with Gasteiger partial charge in [0, 0.05) is 0 Å². The van der Waals surface area contributed by atoms with E-state index in [2.05, 4.69) is 11.4 Å². The van der Waals surface area contributed by atoms with Crippen molar-refractivity contribution < 1.29 is 5.11 Å². The van der Waals surface area contributed by atoms with Crippen LogP contribution in [0.5, 0.6) is 0 Å². The van der Waals surface area contributed by atoms with Crippen LogP contribution in [0.4, 0.5) is 0 Å². The third kappa shape index (κ3) is 2.01. The smallest absolute Gasteiger partial charge is 0.0991 e. The van der Waals surface area contributed by atoms with Crippen LogP contribution >= 0.6 is 0 Å². The third-order valence-electron chi connectivity index (χ3n) is 2.96. The molecule has 0 saturated carbocycles. The Morgan fingerprint density at radius 2 is 2.07 bits per heavy atom. The zero-order chi connectivity index (χ0) is 10.7. The van der Waals surface area contributed by atoms with Gasteiger partial charge in [-0.3, -0.25) is 0 Å². The quantitative estimate of drug-likeness (QED) is 0.717. The lowest BCUT2D eigenvalue weighted by Crippen LogP contribution is -2.39. The number of rotatable bonds is 1. The Balaban J connectivity index is 2.31. The molecule has 3 nitrogen and oxygen atoms in total. The van der Waals surface area contributed by atoms with E-state index < -0.39 is 5.60 Å². The summed E-state index contributed by atoms with van der Waals surface area (Å²) in [5.74, 6) is 0. The number of aliphatic hydroxyl groups is 1. The Morgan fingerprint density at radius 1 is 1.33 bits per heavy atom. The van der Waals surface area contributed by atoms with Crippen LogP contribution in [0.1, 0.15) is 24.0 Å². The van der Waals surface area contributed by atoms with Crippen molar-refractivity contribution in [1.29, 1.82) is 5.26 Å². The van der Waals surface area contributed by atoms with E-state index >= 15 is 0 Å². The second kappa shape index (κ2) is 4.01. The molecule has 1 fully saturated rings. The van der Waals surface area contributed by atoms with Gasteiger partial charge in [0.1, 0.15) is 0 Å². The van der Waals surface area contributed by atoms with Crippen LogP contribution in [0, 0.1) is 11.3 Å². The number of hydrogen-bond donors (Lipinski definition) is 2. The van der Waals surface area contributed by atoms with Crippen LogP contribution in [0.2, 0.25) is 0 Å². The van der Waals surface area contributed by atoms with Gasteiger partial charge in [0.25, 0.3) is 0 Å². The number of nitrogens with zero attached hydrogens (tertiary/aromatic N) is 1. The van der Waals surface area contributed by atoms with Crippen LogP contribution < -0.4 is 5.32 Å². The number of benzene rings is 1. The van der Waals surface area contributed by atoms with Gasteiger partial charge >= 0.3 is 0 Å². The molecule has 1 saturated heterocycles. The molecule has 1 aliphatic rings. The number of nitrogens with one attached hydrogen (secondary N) is 1. The van der Waals surface area contributed by atoms with Crippen molar-refractivity contribution in [1.82, 2.24) is 5.32 Å². The number of hydrogen-bond acceptors (Lipinski definition) is 3. The zero-order valence-electron chi connectivity index (χ0n) is 8.53. The Kier molecular flexibility index (Phi) is 2.72. The summed E-state index contributed by atoms with van der Waals surface area (Å²) in [6, 6.07) is 9.36. The van der Waals surface area contributed by atoms with E-state index in [4.69, 9.17) is 5.26 Å². The molecule has 2 N–H and O–H groups in total. The fourth-order valence-electron chi connectivity index (χ4n) is 2.01. The summed E-state index contributed by atoms with van der Waals surface area (Å²) in [4.78, 5) is 0. The Bertz CT molecular complexity index is 389. The molecule has 0 radical (unpaired) electrons. The first kappa shape index (κ1) is 10.2. The molecule has 1 heterocycles. The fraction of sp³-hybridized carbons (Fsp3) is 0.417. The second-order valence-corrected chi connectivity index (χ2v) is 3.97. The topological polar surface area (TPSA) is 56.0 Å². The van der Waals surface area contributed by atoms with E-state index in [-0.39, 0.29) is 0 Å². The van der Waals surface area contributed by atoms with E-state index in [0.717, 1.165) is 18.7 Å². The molecule has 1 aromatic carbocycles. The van der Waals surface area contributed by atoms with Gasteiger partial charge in [0.15, 0.2) is 0 Å². The first-order chi connectivity index (χ1) is 7.24. The highest BCUT2D eigenvalue weighted by Gasteiger charge is 2.30. The molecule has 0 bridgehead atoms. The highest BCUT2D eigenvalue weighted by molar-refractivity contribution is 5.35. The molecule has 0 unspecified atom stereocenters. The lowest BCUT2D eigenvalue weighted by atomic mass is 9.84. The molecule has 2 rings (SSSR count). The maximum atomic E-state index is 10.4. The predicted molar refractivity (Wildman–Crippen MR) is 57.2 cm³/mol. The van der Waals surface area contributed by atoms with Gasteiger partial charge in [-0.05, 0) is 43.6 Å². The standard InChI is InChI=1S/C12H14N2O/c13-9-10-2-1-3-11(8-10)12(15)4-6-14-7-5-12/h1-3,8,14-15H,4-7H2. The Labute approximate surface area is 89.4 Å². The van der Waals surface area contributed by atoms with Crippen LogP contribution in [-0.4, -0.2) is 18.2 Å². The van der Waals surface area contributed by atoms with Crippen molar-refractivity contribution in [2.45, 2.75) is 18.4 Å². The first-order valence-electron chi connectivity index (χ1n) is 5.18. The van der Waals surface area contributed by atoms with E-state index in [0.29, 0.717) is 18.4 Å². The van der Waals surface area contributed by atoms with Crippen molar-refractivity contribution in [3.05, 3.63) is 35.4 Å². The highest BCUT2D eigenvalue weighted by Crippen LogP contribution is 2.30. The summed E-state index contributed by atoms with van der Waals surface area (Å²) in [6.45, 7) is 1.65. The molecule has 1 aliphatic heterocycles. The molecule has 78 valence electrons. The van der Waals surface area contributed by atoms with Crippen molar-refractivity contribution in [3.8, 4) is 6.07 Å². The van der Waals surface area contributed by atoms with E-state index in [1.807, 2.05) is 12.1 Å². The second-order valence-electron chi connectivity index (χ2n) is 3.97. The first-order valence-corrected chi connectivity index (χ1v) is 5.18. The van der Waals surface area contributed by atoms with E-state index in [1.165, 1.54) is 0 Å². The van der Waals surface area contributed by atoms with Crippen LogP contribution in [0.3, 0.4) is 0 Å². The summed E-state index contributed by atoms with van der Waals surface area (Å²) >= 11 is 0. The number of piperidine rings is 1. The van der Waals surface area contributed by atoms with E-state index in [9.17, 15) is 5.11 Å². The molecular formula is C12H14N2O. The minimum atomic E-state index is -0.752. The molecule has 3 heteroatoms. The molecule has 0 aromatic heterocycles. The van der Waals surface area contributed by atoms with Crippen LogP contribution in [-0.2, 0) is 5.60 Å². The molecule has 0 aliphatic carbocycles. The molecule has 0 spiro atoms. The minimum Gasteiger partial charge on any atom is -0.385 e. The molecule has 15 heavy (non-hydrogen) atoms. The Morgan fingerprint density at radius 3 is 2.73 bits per heavy atom. The van der Waals surface area contributed by atoms with Crippen molar-refractivity contribution >= 4 is 0 Å². The van der Waals surface area contributed by atoms with Crippen molar-refractivity contribution in [3.63, 3.8) is 0 Å². The largest absolute Gasteiger partial charge is 0.385 e. The van der Waals surface area contributed by atoms with Crippen LogP contribution in [0.15, 0.2) is 24.3 Å². The molecule has 0 atom stereocenters. The monoisotopic (exact) mass is 202 g/mol. The highest BCUT2D eigenvalue weighted by atomic mass is 16.3. The Hall–Kier alpha value is -1.37. The van der Waals surface area contributed by atoms with Gasteiger partial charge in [-0.25, -0.2) is 0 Å². The summed E-state index contributed by atoms with van der Waals surface area (Å²) in [5, 5.41) is 22.4. The molecule has 1 aromatic rings. The lowest BCUT2D eigenvalue weighted by molar-refractivity contribution is 0.00592.